The average molecular weight is 339 g/mol. The van der Waals surface area contributed by atoms with Gasteiger partial charge in [-0.2, -0.15) is 13.2 Å². The van der Waals surface area contributed by atoms with Crippen LogP contribution >= 0.6 is 0 Å². The van der Waals surface area contributed by atoms with Crippen molar-refractivity contribution in [1.82, 2.24) is 4.57 Å². The molecule has 128 valence electrons. The van der Waals surface area contributed by atoms with Crippen LogP contribution in [0.5, 0.6) is 0 Å². The first-order valence-electron chi connectivity index (χ1n) is 7.17. The van der Waals surface area contributed by atoms with Gasteiger partial charge < -0.3 is 9.88 Å². The molecule has 1 heterocycles. The summed E-state index contributed by atoms with van der Waals surface area (Å²) in [5.41, 5.74) is 2.04. The Kier molecular flexibility index (Phi) is 5.06. The van der Waals surface area contributed by atoms with E-state index in [9.17, 15) is 22.9 Å². The maximum Gasteiger partial charge on any atom is 0.390 e. The topological polar surface area (TPSA) is 63.5 Å². The predicted molar refractivity (Wildman–Crippen MR) is 86.5 cm³/mol. The van der Waals surface area contributed by atoms with E-state index in [1.807, 2.05) is 0 Å². The largest absolute Gasteiger partial charge is 0.390 e. The minimum atomic E-state index is -4.28. The van der Waals surface area contributed by atoms with E-state index in [1.54, 1.807) is 38.4 Å². The fourth-order valence-corrected chi connectivity index (χ4v) is 2.31. The van der Waals surface area contributed by atoms with E-state index in [1.165, 1.54) is 10.6 Å². The number of hydrogen-bond acceptors (Lipinski definition) is 4. The van der Waals surface area contributed by atoms with Gasteiger partial charge in [0.15, 0.2) is 0 Å². The third-order valence-corrected chi connectivity index (χ3v) is 3.51. The van der Waals surface area contributed by atoms with E-state index in [-0.39, 0.29) is 23.5 Å². The van der Waals surface area contributed by atoms with Crippen molar-refractivity contribution in [3.05, 3.63) is 51.3 Å². The van der Waals surface area contributed by atoms with Crippen LogP contribution in [0.2, 0.25) is 0 Å². The Bertz CT molecular complexity index is 787. The zero-order valence-corrected chi connectivity index (χ0v) is 13.1. The number of anilines is 1. The van der Waals surface area contributed by atoms with Crippen molar-refractivity contribution in [2.45, 2.75) is 19.5 Å². The van der Waals surface area contributed by atoms with Crippen molar-refractivity contribution in [3.8, 4) is 11.1 Å². The molecule has 0 spiro atoms. The standard InChI is InChI=1S/C16H16F3N3O2/c1-10-7-12(9-22(2)15(10)23)11-3-4-13(21-24)14(8-11)20-6-5-16(17,18)19/h3-4,7-9,20H,5-6H2,1-2H3. The highest BCUT2D eigenvalue weighted by Gasteiger charge is 2.26. The second-order valence-electron chi connectivity index (χ2n) is 5.44. The van der Waals surface area contributed by atoms with Gasteiger partial charge in [0.25, 0.3) is 5.56 Å². The Morgan fingerprint density at radius 1 is 1.21 bits per heavy atom. The highest BCUT2D eigenvalue weighted by Crippen LogP contribution is 2.31. The number of halogens is 3. The molecule has 0 aliphatic rings. The lowest BCUT2D eigenvalue weighted by molar-refractivity contribution is -0.131. The third kappa shape index (κ3) is 4.21. The number of nitrogens with one attached hydrogen (secondary N) is 1. The lowest BCUT2D eigenvalue weighted by Gasteiger charge is -2.12. The van der Waals surface area contributed by atoms with Gasteiger partial charge in [0.1, 0.15) is 5.69 Å². The molecule has 0 atom stereocenters. The van der Waals surface area contributed by atoms with Crippen LogP contribution in [-0.4, -0.2) is 17.3 Å². The number of pyridine rings is 1. The van der Waals surface area contributed by atoms with Gasteiger partial charge in [0.05, 0.1) is 12.1 Å². The summed E-state index contributed by atoms with van der Waals surface area (Å²) in [4.78, 5) is 22.6. The van der Waals surface area contributed by atoms with E-state index >= 15 is 0 Å². The second kappa shape index (κ2) is 6.86. The number of alkyl halides is 3. The molecule has 2 aromatic rings. The van der Waals surface area contributed by atoms with Gasteiger partial charge in [-0.25, -0.2) is 0 Å². The van der Waals surface area contributed by atoms with E-state index in [0.717, 1.165) is 0 Å². The third-order valence-electron chi connectivity index (χ3n) is 3.51. The van der Waals surface area contributed by atoms with E-state index in [2.05, 4.69) is 10.5 Å². The molecular formula is C16H16F3N3O2. The number of nitroso groups, excluding NO2 is 1. The number of benzene rings is 1. The fraction of sp³-hybridized carbons (Fsp3) is 0.312. The molecule has 0 radical (unpaired) electrons. The van der Waals surface area contributed by atoms with Crippen LogP contribution < -0.4 is 10.9 Å². The van der Waals surface area contributed by atoms with Gasteiger partial charge in [0.2, 0.25) is 0 Å². The molecule has 0 saturated carbocycles. The number of rotatable bonds is 5. The molecule has 1 N–H and O–H groups in total. The Labute approximate surface area is 136 Å². The number of nitrogens with zero attached hydrogens (tertiary/aromatic N) is 2. The summed E-state index contributed by atoms with van der Waals surface area (Å²) in [6.07, 6.45) is -3.68. The highest BCUT2D eigenvalue weighted by molar-refractivity contribution is 5.75. The first-order valence-corrected chi connectivity index (χ1v) is 7.17. The van der Waals surface area contributed by atoms with Crippen molar-refractivity contribution >= 4 is 11.4 Å². The molecule has 0 bridgehead atoms. The van der Waals surface area contributed by atoms with Gasteiger partial charge in [-0.3, -0.25) is 4.79 Å². The lowest BCUT2D eigenvalue weighted by Crippen LogP contribution is -2.18. The molecule has 0 aliphatic heterocycles. The van der Waals surface area contributed by atoms with E-state index in [4.69, 9.17) is 0 Å². The smallest absolute Gasteiger partial charge is 0.383 e. The van der Waals surface area contributed by atoms with Crippen molar-refractivity contribution in [2.24, 2.45) is 12.2 Å². The first kappa shape index (κ1) is 17.7. The van der Waals surface area contributed by atoms with E-state index < -0.39 is 12.6 Å². The minimum absolute atomic E-state index is 0.0301. The molecule has 0 fully saturated rings. The fourth-order valence-electron chi connectivity index (χ4n) is 2.31. The Morgan fingerprint density at radius 3 is 2.50 bits per heavy atom. The molecule has 1 aromatic carbocycles. The van der Waals surface area contributed by atoms with Crippen LogP contribution in [0.15, 0.2) is 40.4 Å². The van der Waals surface area contributed by atoms with Crippen molar-refractivity contribution in [2.75, 3.05) is 11.9 Å². The predicted octanol–water partition coefficient (Wildman–Crippen LogP) is 4.12. The molecule has 0 saturated heterocycles. The van der Waals surface area contributed by atoms with Gasteiger partial charge >= 0.3 is 6.18 Å². The maximum absolute atomic E-state index is 12.3. The van der Waals surface area contributed by atoms with Crippen molar-refractivity contribution < 1.29 is 13.2 Å². The molecule has 0 unspecified atom stereocenters. The van der Waals surface area contributed by atoms with Gasteiger partial charge in [0, 0.05) is 25.4 Å². The van der Waals surface area contributed by atoms with E-state index in [0.29, 0.717) is 16.7 Å². The number of aromatic nitrogens is 1. The second-order valence-corrected chi connectivity index (χ2v) is 5.44. The van der Waals surface area contributed by atoms with Gasteiger partial charge in [-0.05, 0) is 41.4 Å². The minimum Gasteiger partial charge on any atom is -0.383 e. The van der Waals surface area contributed by atoms with Crippen molar-refractivity contribution in [3.63, 3.8) is 0 Å². The van der Waals surface area contributed by atoms with Crippen molar-refractivity contribution in [1.29, 1.82) is 0 Å². The molecular weight excluding hydrogens is 323 g/mol. The summed E-state index contributed by atoms with van der Waals surface area (Å²) in [7, 11) is 1.61. The summed E-state index contributed by atoms with van der Waals surface area (Å²) < 4.78 is 38.2. The molecule has 24 heavy (non-hydrogen) atoms. The molecule has 1 aromatic heterocycles. The Morgan fingerprint density at radius 2 is 1.92 bits per heavy atom. The molecule has 0 aliphatic carbocycles. The quantitative estimate of drug-likeness (QED) is 0.833. The molecule has 5 nitrogen and oxygen atoms in total. The summed E-state index contributed by atoms with van der Waals surface area (Å²) in [6.45, 7) is 1.32. The van der Waals surface area contributed by atoms with Crippen LogP contribution in [0.4, 0.5) is 24.5 Å². The normalized spacial score (nSPS) is 11.4. The molecule has 8 heteroatoms. The van der Waals surface area contributed by atoms with Crippen LogP contribution in [0.3, 0.4) is 0 Å². The molecule has 2 rings (SSSR count). The van der Waals surface area contributed by atoms with Crippen LogP contribution in [0.1, 0.15) is 12.0 Å². The monoisotopic (exact) mass is 339 g/mol. The number of hydrogen-bond donors (Lipinski definition) is 1. The number of aryl methyl sites for hydroxylation is 2. The average Bonchev–Trinajstić information content (AvgIpc) is 2.50. The summed E-state index contributed by atoms with van der Waals surface area (Å²) >= 11 is 0. The highest BCUT2D eigenvalue weighted by atomic mass is 19.4. The van der Waals surface area contributed by atoms with Crippen LogP contribution in [0.25, 0.3) is 11.1 Å². The SMILES string of the molecule is Cc1cc(-c2ccc(N=O)c(NCCC(F)(F)F)c2)cn(C)c1=O. The molecule has 0 amide bonds. The van der Waals surface area contributed by atoms with Crippen LogP contribution in [-0.2, 0) is 7.05 Å². The summed E-state index contributed by atoms with van der Waals surface area (Å²) in [5.74, 6) is 0. The van der Waals surface area contributed by atoms with Gasteiger partial charge in [-0.15, -0.1) is 4.91 Å². The zero-order chi connectivity index (χ0) is 17.9. The van der Waals surface area contributed by atoms with Gasteiger partial charge in [-0.1, -0.05) is 6.07 Å². The summed E-state index contributed by atoms with van der Waals surface area (Å²) in [5, 5.41) is 5.41. The van der Waals surface area contributed by atoms with Crippen LogP contribution in [0, 0.1) is 11.8 Å². The first-order chi connectivity index (χ1) is 11.2. The Balaban J connectivity index is 2.34. The Hall–Kier alpha value is -2.64. The lowest BCUT2D eigenvalue weighted by atomic mass is 10.0. The summed E-state index contributed by atoms with van der Waals surface area (Å²) in [6, 6.07) is 6.29. The maximum atomic E-state index is 12.3. The zero-order valence-electron chi connectivity index (χ0n) is 13.1.